The minimum absolute atomic E-state index is 0.572. The normalized spacial score (nSPS) is 19.1. The van der Waals surface area contributed by atoms with E-state index in [-0.39, 0.29) is 0 Å². The molecule has 2 nitrogen and oxygen atoms in total. The molecule has 1 aliphatic carbocycles. The van der Waals surface area contributed by atoms with Crippen molar-refractivity contribution in [2.75, 3.05) is 0 Å². The molecule has 0 spiro atoms. The highest BCUT2D eigenvalue weighted by Gasteiger charge is 2.24. The number of hydrogen-bond donors (Lipinski definition) is 1. The van der Waals surface area contributed by atoms with Gasteiger partial charge in [0.15, 0.2) is 0 Å². The maximum absolute atomic E-state index is 3.70. The first kappa shape index (κ1) is 12.7. The molecule has 0 bridgehead atoms. The van der Waals surface area contributed by atoms with Crippen molar-refractivity contribution in [1.82, 2.24) is 9.88 Å². The number of aryl methyl sites for hydroxylation is 2. The van der Waals surface area contributed by atoms with E-state index in [1.807, 2.05) is 0 Å². The lowest BCUT2D eigenvalue weighted by atomic mass is 9.91. The van der Waals surface area contributed by atoms with Crippen molar-refractivity contribution in [3.05, 3.63) is 35.0 Å². The summed E-state index contributed by atoms with van der Waals surface area (Å²) in [7, 11) is 2.23. The third-order valence-electron chi connectivity index (χ3n) is 4.40. The van der Waals surface area contributed by atoms with Crippen LogP contribution < -0.4 is 5.32 Å². The first-order valence-electron chi connectivity index (χ1n) is 7.39. The van der Waals surface area contributed by atoms with E-state index < -0.39 is 0 Å². The van der Waals surface area contributed by atoms with Crippen LogP contribution >= 0.6 is 0 Å². The van der Waals surface area contributed by atoms with Crippen LogP contribution in [0.25, 0.3) is 10.9 Å². The van der Waals surface area contributed by atoms with Gasteiger partial charge in [-0.3, -0.25) is 0 Å². The fourth-order valence-corrected chi connectivity index (χ4v) is 3.66. The average molecular weight is 256 g/mol. The predicted octanol–water partition coefficient (Wildman–Crippen LogP) is 3.34. The third-order valence-corrected chi connectivity index (χ3v) is 4.40. The average Bonchev–Trinajstić information content (AvgIpc) is 2.64. The highest BCUT2D eigenvalue weighted by molar-refractivity contribution is 5.88. The van der Waals surface area contributed by atoms with Crippen LogP contribution in [0.5, 0.6) is 0 Å². The number of benzene rings is 1. The van der Waals surface area contributed by atoms with Gasteiger partial charge in [-0.25, -0.2) is 0 Å². The van der Waals surface area contributed by atoms with Crippen molar-refractivity contribution in [2.24, 2.45) is 7.05 Å². The van der Waals surface area contributed by atoms with E-state index in [0.29, 0.717) is 12.1 Å². The second-order valence-corrected chi connectivity index (χ2v) is 6.22. The molecule has 0 aliphatic heterocycles. The Morgan fingerprint density at radius 3 is 2.84 bits per heavy atom. The molecule has 0 saturated heterocycles. The first-order chi connectivity index (χ1) is 9.08. The molecule has 1 unspecified atom stereocenters. The smallest absolute Gasteiger partial charge is 0.0512 e. The fourth-order valence-electron chi connectivity index (χ4n) is 3.66. The van der Waals surface area contributed by atoms with Crippen molar-refractivity contribution >= 4 is 10.9 Å². The number of nitrogens with one attached hydrogen (secondary N) is 1. The number of nitrogens with zero attached hydrogens (tertiary/aromatic N) is 1. The van der Waals surface area contributed by atoms with Gasteiger partial charge in [0.2, 0.25) is 0 Å². The van der Waals surface area contributed by atoms with Crippen LogP contribution in [0.4, 0.5) is 0 Å². The van der Waals surface area contributed by atoms with Crippen LogP contribution in [0.2, 0.25) is 0 Å². The van der Waals surface area contributed by atoms with Gasteiger partial charge in [0, 0.05) is 30.2 Å². The van der Waals surface area contributed by atoms with Crippen LogP contribution in [0, 0.1) is 6.92 Å². The Kier molecular flexibility index (Phi) is 3.14. The number of rotatable bonds is 2. The fraction of sp³-hybridized carbons (Fsp3) is 0.529. The van der Waals surface area contributed by atoms with Crippen molar-refractivity contribution in [2.45, 2.75) is 52.1 Å². The lowest BCUT2D eigenvalue weighted by Gasteiger charge is -2.26. The molecular weight excluding hydrogens is 232 g/mol. The molecule has 0 amide bonds. The van der Waals surface area contributed by atoms with Gasteiger partial charge >= 0.3 is 0 Å². The first-order valence-corrected chi connectivity index (χ1v) is 7.39. The SMILES string of the molecule is Cc1cccc2c3c(n(C)c12)CCC(NC(C)C)C3. The molecule has 1 atom stereocenters. The zero-order valence-corrected chi connectivity index (χ0v) is 12.5. The molecule has 1 heterocycles. The van der Waals surface area contributed by atoms with Crippen LogP contribution in [0.15, 0.2) is 18.2 Å². The van der Waals surface area contributed by atoms with Gasteiger partial charge in [0.1, 0.15) is 0 Å². The molecule has 1 aromatic heterocycles. The van der Waals surface area contributed by atoms with Crippen molar-refractivity contribution < 1.29 is 0 Å². The van der Waals surface area contributed by atoms with E-state index >= 15 is 0 Å². The second kappa shape index (κ2) is 4.68. The van der Waals surface area contributed by atoms with Gasteiger partial charge in [-0.15, -0.1) is 0 Å². The number of hydrogen-bond acceptors (Lipinski definition) is 1. The van der Waals surface area contributed by atoms with Gasteiger partial charge in [-0.05, 0) is 37.3 Å². The molecule has 0 saturated carbocycles. The van der Waals surface area contributed by atoms with Gasteiger partial charge in [-0.2, -0.15) is 0 Å². The van der Waals surface area contributed by atoms with E-state index in [4.69, 9.17) is 0 Å². The summed E-state index contributed by atoms with van der Waals surface area (Å²) >= 11 is 0. The zero-order chi connectivity index (χ0) is 13.6. The Bertz CT molecular complexity index is 607. The van der Waals surface area contributed by atoms with Gasteiger partial charge in [0.25, 0.3) is 0 Å². The number of fused-ring (bicyclic) bond motifs is 3. The van der Waals surface area contributed by atoms with E-state index in [1.165, 1.54) is 35.7 Å². The highest BCUT2D eigenvalue weighted by Crippen LogP contribution is 2.33. The summed E-state index contributed by atoms with van der Waals surface area (Å²) < 4.78 is 2.42. The maximum Gasteiger partial charge on any atom is 0.0512 e. The van der Waals surface area contributed by atoms with Crippen LogP contribution in [-0.2, 0) is 19.9 Å². The minimum atomic E-state index is 0.572. The van der Waals surface area contributed by atoms with E-state index in [0.717, 1.165) is 0 Å². The van der Waals surface area contributed by atoms with E-state index in [2.05, 4.69) is 55.9 Å². The summed E-state index contributed by atoms with van der Waals surface area (Å²) in [6, 6.07) is 7.91. The lowest BCUT2D eigenvalue weighted by molar-refractivity contribution is 0.418. The van der Waals surface area contributed by atoms with Crippen LogP contribution in [0.1, 0.15) is 37.1 Å². The van der Waals surface area contributed by atoms with Crippen molar-refractivity contribution in [1.29, 1.82) is 0 Å². The Morgan fingerprint density at radius 2 is 2.11 bits per heavy atom. The topological polar surface area (TPSA) is 17.0 Å². The molecule has 102 valence electrons. The maximum atomic E-state index is 3.70. The quantitative estimate of drug-likeness (QED) is 0.872. The molecule has 0 fully saturated rings. The van der Waals surface area contributed by atoms with Crippen molar-refractivity contribution in [3.63, 3.8) is 0 Å². The molecule has 2 heteroatoms. The molecule has 1 N–H and O–H groups in total. The summed E-state index contributed by atoms with van der Waals surface area (Å²) in [6.07, 6.45) is 3.63. The highest BCUT2D eigenvalue weighted by atomic mass is 15.0. The van der Waals surface area contributed by atoms with E-state index in [9.17, 15) is 0 Å². The zero-order valence-electron chi connectivity index (χ0n) is 12.5. The molecule has 0 radical (unpaired) electrons. The molecule has 3 rings (SSSR count). The Morgan fingerprint density at radius 1 is 1.32 bits per heavy atom. The number of aromatic nitrogens is 1. The van der Waals surface area contributed by atoms with Gasteiger partial charge in [0.05, 0.1) is 5.52 Å². The Hall–Kier alpha value is -1.28. The standard InChI is InChI=1S/C17H24N2/c1-11(2)18-13-8-9-16-15(10-13)14-7-5-6-12(3)17(14)19(16)4/h5-7,11,13,18H,8-10H2,1-4H3. The molecular formula is C17H24N2. The van der Waals surface area contributed by atoms with Crippen molar-refractivity contribution in [3.8, 4) is 0 Å². The second-order valence-electron chi connectivity index (χ2n) is 6.22. The summed E-state index contributed by atoms with van der Waals surface area (Å²) in [5.41, 5.74) is 5.94. The number of para-hydroxylation sites is 1. The van der Waals surface area contributed by atoms with Crippen LogP contribution in [0.3, 0.4) is 0 Å². The van der Waals surface area contributed by atoms with Gasteiger partial charge in [-0.1, -0.05) is 32.0 Å². The largest absolute Gasteiger partial charge is 0.347 e. The van der Waals surface area contributed by atoms with Gasteiger partial charge < -0.3 is 9.88 Å². The molecule has 1 aromatic carbocycles. The van der Waals surface area contributed by atoms with E-state index in [1.54, 1.807) is 11.3 Å². The Labute approximate surface area is 115 Å². The summed E-state index contributed by atoms with van der Waals surface area (Å²) in [4.78, 5) is 0. The lowest BCUT2D eigenvalue weighted by Crippen LogP contribution is -2.38. The predicted molar refractivity (Wildman–Crippen MR) is 81.7 cm³/mol. The third kappa shape index (κ3) is 2.08. The molecule has 2 aromatic rings. The summed E-state index contributed by atoms with van der Waals surface area (Å²) in [6.45, 7) is 6.70. The summed E-state index contributed by atoms with van der Waals surface area (Å²) in [5, 5.41) is 5.17. The monoisotopic (exact) mass is 256 g/mol. The Balaban J connectivity index is 2.07. The minimum Gasteiger partial charge on any atom is -0.347 e. The molecule has 1 aliphatic rings. The summed E-state index contributed by atoms with van der Waals surface area (Å²) in [5.74, 6) is 0. The van der Waals surface area contributed by atoms with Crippen LogP contribution in [-0.4, -0.2) is 16.7 Å². The molecule has 19 heavy (non-hydrogen) atoms.